The molecule has 1 heterocycles. The monoisotopic (exact) mass is 192 g/mol. The van der Waals surface area contributed by atoms with E-state index in [-0.39, 0.29) is 0 Å². The summed E-state index contributed by atoms with van der Waals surface area (Å²) in [5.74, 6) is 0.767. The van der Waals surface area contributed by atoms with Crippen LogP contribution in [0.5, 0.6) is 5.88 Å². The molecule has 1 aromatic rings. The van der Waals surface area contributed by atoms with Gasteiger partial charge in [-0.1, -0.05) is 6.07 Å². The van der Waals surface area contributed by atoms with Gasteiger partial charge in [-0.05, 0) is 25.8 Å². The van der Waals surface area contributed by atoms with Gasteiger partial charge < -0.3 is 10.1 Å². The van der Waals surface area contributed by atoms with E-state index in [2.05, 4.69) is 16.4 Å². The van der Waals surface area contributed by atoms with Crippen molar-refractivity contribution in [3.63, 3.8) is 0 Å². The normalized spacial score (nSPS) is 15.5. The number of hydrogen-bond donors (Lipinski definition) is 1. The first-order valence-corrected chi connectivity index (χ1v) is 5.20. The van der Waals surface area contributed by atoms with E-state index >= 15 is 0 Å². The Morgan fingerprint density at radius 3 is 3.14 bits per heavy atom. The minimum atomic E-state index is 0.674. The van der Waals surface area contributed by atoms with E-state index in [1.54, 1.807) is 6.20 Å². The summed E-state index contributed by atoms with van der Waals surface area (Å²) >= 11 is 0. The van der Waals surface area contributed by atoms with Crippen LogP contribution in [0.3, 0.4) is 0 Å². The molecule has 1 N–H and O–H groups in total. The number of nitrogens with one attached hydrogen (secondary N) is 1. The zero-order valence-electron chi connectivity index (χ0n) is 8.49. The maximum Gasteiger partial charge on any atom is 0.217 e. The highest BCUT2D eigenvalue weighted by molar-refractivity contribution is 5.25. The fourth-order valence-corrected chi connectivity index (χ4v) is 1.37. The molecule has 0 saturated heterocycles. The van der Waals surface area contributed by atoms with Gasteiger partial charge in [0.2, 0.25) is 5.88 Å². The SMILES string of the molecule is CCOc1ncccc1CNC1CC1. The maximum absolute atomic E-state index is 5.44. The fourth-order valence-electron chi connectivity index (χ4n) is 1.37. The Morgan fingerprint density at radius 2 is 2.43 bits per heavy atom. The summed E-state index contributed by atoms with van der Waals surface area (Å²) in [7, 11) is 0. The Balaban J connectivity index is 1.97. The smallest absolute Gasteiger partial charge is 0.217 e. The second-order valence-electron chi connectivity index (χ2n) is 3.56. The van der Waals surface area contributed by atoms with Crippen LogP contribution in [0.4, 0.5) is 0 Å². The van der Waals surface area contributed by atoms with Crippen LogP contribution in [-0.2, 0) is 6.54 Å². The van der Waals surface area contributed by atoms with E-state index in [1.807, 2.05) is 13.0 Å². The fraction of sp³-hybridized carbons (Fsp3) is 0.545. The third kappa shape index (κ3) is 2.45. The molecule has 1 fully saturated rings. The minimum absolute atomic E-state index is 0.674. The highest BCUT2D eigenvalue weighted by atomic mass is 16.5. The molecule has 3 nitrogen and oxygen atoms in total. The summed E-state index contributed by atoms with van der Waals surface area (Å²) in [6, 6.07) is 4.74. The molecule has 0 bridgehead atoms. The molecule has 1 saturated carbocycles. The summed E-state index contributed by atoms with van der Waals surface area (Å²) in [5, 5.41) is 3.45. The lowest BCUT2D eigenvalue weighted by atomic mass is 10.2. The molecular formula is C11H16N2O. The molecule has 76 valence electrons. The van der Waals surface area contributed by atoms with Gasteiger partial charge in [0, 0.05) is 24.3 Å². The molecule has 3 heteroatoms. The number of hydrogen-bond acceptors (Lipinski definition) is 3. The largest absolute Gasteiger partial charge is 0.478 e. The van der Waals surface area contributed by atoms with E-state index in [0.717, 1.165) is 24.0 Å². The van der Waals surface area contributed by atoms with Crippen LogP contribution in [0, 0.1) is 0 Å². The summed E-state index contributed by atoms with van der Waals surface area (Å²) in [6.45, 7) is 3.52. The average Bonchev–Trinajstić information content (AvgIpc) is 3.01. The lowest BCUT2D eigenvalue weighted by Crippen LogP contribution is -2.16. The third-order valence-corrected chi connectivity index (χ3v) is 2.29. The van der Waals surface area contributed by atoms with Crippen molar-refractivity contribution >= 4 is 0 Å². The zero-order valence-corrected chi connectivity index (χ0v) is 8.49. The highest BCUT2D eigenvalue weighted by Crippen LogP contribution is 2.21. The van der Waals surface area contributed by atoms with E-state index in [0.29, 0.717) is 6.61 Å². The molecule has 0 aliphatic heterocycles. The Morgan fingerprint density at radius 1 is 1.57 bits per heavy atom. The van der Waals surface area contributed by atoms with Crippen molar-refractivity contribution in [2.24, 2.45) is 0 Å². The van der Waals surface area contributed by atoms with Crippen LogP contribution in [-0.4, -0.2) is 17.6 Å². The van der Waals surface area contributed by atoms with Crippen molar-refractivity contribution in [2.45, 2.75) is 32.4 Å². The average molecular weight is 192 g/mol. The van der Waals surface area contributed by atoms with Crippen LogP contribution >= 0.6 is 0 Å². The van der Waals surface area contributed by atoms with Gasteiger partial charge in [-0.15, -0.1) is 0 Å². The van der Waals surface area contributed by atoms with E-state index in [4.69, 9.17) is 4.74 Å². The predicted molar refractivity (Wildman–Crippen MR) is 55.3 cm³/mol. The second-order valence-corrected chi connectivity index (χ2v) is 3.56. The molecule has 1 aromatic heterocycles. The van der Waals surface area contributed by atoms with Crippen LogP contribution in [0.25, 0.3) is 0 Å². The van der Waals surface area contributed by atoms with E-state index in [1.165, 1.54) is 12.8 Å². The minimum Gasteiger partial charge on any atom is -0.478 e. The first kappa shape index (κ1) is 9.46. The van der Waals surface area contributed by atoms with Crippen LogP contribution in [0.15, 0.2) is 18.3 Å². The van der Waals surface area contributed by atoms with Gasteiger partial charge in [-0.2, -0.15) is 0 Å². The van der Waals surface area contributed by atoms with Crippen molar-refractivity contribution in [3.8, 4) is 5.88 Å². The Labute approximate surface area is 84.5 Å². The van der Waals surface area contributed by atoms with Crippen molar-refractivity contribution in [1.29, 1.82) is 0 Å². The molecule has 0 aromatic carbocycles. The van der Waals surface area contributed by atoms with Crippen molar-refractivity contribution in [2.75, 3.05) is 6.61 Å². The lowest BCUT2D eigenvalue weighted by Gasteiger charge is -2.08. The Kier molecular flexibility index (Phi) is 2.99. The maximum atomic E-state index is 5.44. The highest BCUT2D eigenvalue weighted by Gasteiger charge is 2.20. The van der Waals surface area contributed by atoms with Gasteiger partial charge >= 0.3 is 0 Å². The number of aromatic nitrogens is 1. The second kappa shape index (κ2) is 4.42. The standard InChI is InChI=1S/C11H16N2O/c1-2-14-11-9(4-3-7-12-11)8-13-10-5-6-10/h3-4,7,10,13H,2,5-6,8H2,1H3. The van der Waals surface area contributed by atoms with Crippen molar-refractivity contribution < 1.29 is 4.74 Å². The molecule has 0 radical (unpaired) electrons. The summed E-state index contributed by atoms with van der Waals surface area (Å²) < 4.78 is 5.44. The first-order valence-electron chi connectivity index (χ1n) is 5.20. The van der Waals surface area contributed by atoms with E-state index in [9.17, 15) is 0 Å². The van der Waals surface area contributed by atoms with Crippen LogP contribution < -0.4 is 10.1 Å². The summed E-state index contributed by atoms with van der Waals surface area (Å²) in [4.78, 5) is 4.20. The number of pyridine rings is 1. The van der Waals surface area contributed by atoms with Crippen LogP contribution in [0.2, 0.25) is 0 Å². The van der Waals surface area contributed by atoms with Gasteiger partial charge in [-0.25, -0.2) is 4.98 Å². The quantitative estimate of drug-likeness (QED) is 0.771. The van der Waals surface area contributed by atoms with Gasteiger partial charge in [0.05, 0.1) is 6.61 Å². The van der Waals surface area contributed by atoms with E-state index < -0.39 is 0 Å². The Bertz CT molecular complexity index is 297. The molecule has 2 rings (SSSR count). The molecule has 0 spiro atoms. The van der Waals surface area contributed by atoms with Crippen LogP contribution in [0.1, 0.15) is 25.3 Å². The van der Waals surface area contributed by atoms with Gasteiger partial charge in [0.15, 0.2) is 0 Å². The molecule has 0 unspecified atom stereocenters. The topological polar surface area (TPSA) is 34.1 Å². The van der Waals surface area contributed by atoms with Crippen molar-refractivity contribution in [1.82, 2.24) is 10.3 Å². The van der Waals surface area contributed by atoms with Gasteiger partial charge in [0.25, 0.3) is 0 Å². The third-order valence-electron chi connectivity index (χ3n) is 2.29. The molecule has 14 heavy (non-hydrogen) atoms. The lowest BCUT2D eigenvalue weighted by molar-refractivity contribution is 0.322. The number of rotatable bonds is 5. The van der Waals surface area contributed by atoms with Gasteiger partial charge in [0.1, 0.15) is 0 Å². The van der Waals surface area contributed by atoms with Crippen molar-refractivity contribution in [3.05, 3.63) is 23.9 Å². The predicted octanol–water partition coefficient (Wildman–Crippen LogP) is 1.73. The van der Waals surface area contributed by atoms with Gasteiger partial charge in [-0.3, -0.25) is 0 Å². The summed E-state index contributed by atoms with van der Waals surface area (Å²) in [6.07, 6.45) is 4.39. The first-order chi connectivity index (χ1) is 6.90. The molecule has 1 aliphatic rings. The molecule has 1 aliphatic carbocycles. The summed E-state index contributed by atoms with van der Waals surface area (Å²) in [5.41, 5.74) is 1.15. The zero-order chi connectivity index (χ0) is 9.80. The number of nitrogens with zero attached hydrogens (tertiary/aromatic N) is 1. The molecule has 0 amide bonds. The Hall–Kier alpha value is -1.09. The number of ether oxygens (including phenoxy) is 1. The molecule has 0 atom stereocenters. The molecular weight excluding hydrogens is 176 g/mol.